The molecule has 0 spiro atoms. The summed E-state index contributed by atoms with van der Waals surface area (Å²) in [5, 5.41) is 5.53. The highest BCUT2D eigenvalue weighted by molar-refractivity contribution is 7.99. The maximum atomic E-state index is 12.0. The van der Waals surface area contributed by atoms with Gasteiger partial charge >= 0.3 is 6.09 Å². The molecule has 1 fully saturated rings. The van der Waals surface area contributed by atoms with E-state index in [-0.39, 0.29) is 5.91 Å². The second-order valence-electron chi connectivity index (χ2n) is 8.10. The fourth-order valence-corrected chi connectivity index (χ4v) is 3.43. The standard InChI is InChI=1S/C20H32N4O3S/c1-15-7-10-24(11-8-15)17-6-5-16(13-22-17)23-18(25)14-28-12-9-21-19(26)27-20(2,3)4/h5-6,13,15H,7-12,14H2,1-4H3,(H,21,26)(H,23,25). The average molecular weight is 409 g/mol. The Morgan fingerprint density at radius 2 is 2.00 bits per heavy atom. The molecule has 0 aromatic carbocycles. The van der Waals surface area contributed by atoms with Crippen molar-refractivity contribution in [3.63, 3.8) is 0 Å². The first-order valence-corrected chi connectivity index (χ1v) is 10.9. The number of amides is 2. The second-order valence-corrected chi connectivity index (χ2v) is 9.21. The Bertz CT molecular complexity index is 638. The maximum Gasteiger partial charge on any atom is 0.407 e. The first-order valence-electron chi connectivity index (χ1n) is 9.78. The van der Waals surface area contributed by atoms with Gasteiger partial charge in [-0.3, -0.25) is 4.79 Å². The van der Waals surface area contributed by atoms with Gasteiger partial charge in [-0.25, -0.2) is 9.78 Å². The Morgan fingerprint density at radius 1 is 1.29 bits per heavy atom. The molecule has 1 aliphatic heterocycles. The zero-order chi connectivity index (χ0) is 20.6. The highest BCUT2D eigenvalue weighted by Crippen LogP contribution is 2.22. The van der Waals surface area contributed by atoms with E-state index in [9.17, 15) is 9.59 Å². The normalized spacial score (nSPS) is 15.2. The van der Waals surface area contributed by atoms with Crippen molar-refractivity contribution in [3.8, 4) is 0 Å². The summed E-state index contributed by atoms with van der Waals surface area (Å²) in [7, 11) is 0. The first-order chi connectivity index (χ1) is 13.2. The first kappa shape index (κ1) is 22.3. The number of carbonyl (C=O) groups is 2. The molecule has 0 aliphatic carbocycles. The number of pyridine rings is 1. The van der Waals surface area contributed by atoms with Gasteiger partial charge in [-0.15, -0.1) is 0 Å². The predicted molar refractivity (Wildman–Crippen MR) is 115 cm³/mol. The Labute approximate surface area is 172 Å². The van der Waals surface area contributed by atoms with Crippen LogP contribution in [0.15, 0.2) is 18.3 Å². The van der Waals surface area contributed by atoms with Crippen molar-refractivity contribution >= 4 is 35.3 Å². The topological polar surface area (TPSA) is 83.6 Å². The molecule has 1 aliphatic rings. The summed E-state index contributed by atoms with van der Waals surface area (Å²) in [5.41, 5.74) is 0.194. The van der Waals surface area contributed by atoms with Crippen LogP contribution in [0, 0.1) is 5.92 Å². The number of hydrogen-bond donors (Lipinski definition) is 2. The molecular weight excluding hydrogens is 376 g/mol. The number of piperidine rings is 1. The van der Waals surface area contributed by atoms with Crippen molar-refractivity contribution in [2.24, 2.45) is 5.92 Å². The van der Waals surface area contributed by atoms with E-state index in [1.54, 1.807) is 6.20 Å². The molecule has 2 N–H and O–H groups in total. The third-order valence-electron chi connectivity index (χ3n) is 4.29. The van der Waals surface area contributed by atoms with Crippen LogP contribution in [0.3, 0.4) is 0 Å². The van der Waals surface area contributed by atoms with Crippen LogP contribution in [0.1, 0.15) is 40.5 Å². The number of alkyl carbamates (subject to hydrolysis) is 1. The summed E-state index contributed by atoms with van der Waals surface area (Å²) in [6, 6.07) is 3.86. The van der Waals surface area contributed by atoms with Gasteiger partial charge in [-0.05, 0) is 51.7 Å². The van der Waals surface area contributed by atoms with E-state index in [1.165, 1.54) is 24.6 Å². The number of thioether (sulfide) groups is 1. The molecule has 2 heterocycles. The SMILES string of the molecule is CC1CCN(c2ccc(NC(=O)CSCCNC(=O)OC(C)(C)C)cn2)CC1. The number of aromatic nitrogens is 1. The molecule has 2 rings (SSSR count). The van der Waals surface area contributed by atoms with Crippen molar-refractivity contribution in [1.29, 1.82) is 0 Å². The highest BCUT2D eigenvalue weighted by atomic mass is 32.2. The van der Waals surface area contributed by atoms with E-state index in [1.807, 2.05) is 32.9 Å². The third-order valence-corrected chi connectivity index (χ3v) is 5.25. The van der Waals surface area contributed by atoms with Gasteiger partial charge in [-0.1, -0.05) is 6.92 Å². The fourth-order valence-electron chi connectivity index (χ4n) is 2.79. The average Bonchev–Trinajstić information content (AvgIpc) is 2.61. The minimum Gasteiger partial charge on any atom is -0.444 e. The number of nitrogens with zero attached hydrogens (tertiary/aromatic N) is 2. The predicted octanol–water partition coefficient (Wildman–Crippen LogP) is 3.51. The Morgan fingerprint density at radius 3 is 2.61 bits per heavy atom. The summed E-state index contributed by atoms with van der Waals surface area (Å²) in [5.74, 6) is 2.63. The number of nitrogens with one attached hydrogen (secondary N) is 2. The Balaban J connectivity index is 1.63. The lowest BCUT2D eigenvalue weighted by molar-refractivity contribution is -0.113. The van der Waals surface area contributed by atoms with Gasteiger partial charge in [-0.2, -0.15) is 11.8 Å². The van der Waals surface area contributed by atoms with Gasteiger partial charge in [0.15, 0.2) is 0 Å². The minimum absolute atomic E-state index is 0.0800. The maximum absolute atomic E-state index is 12.0. The van der Waals surface area contributed by atoms with E-state index in [4.69, 9.17) is 4.74 Å². The lowest BCUT2D eigenvalue weighted by Crippen LogP contribution is -2.33. The number of carbonyl (C=O) groups excluding carboxylic acids is 2. The fraction of sp³-hybridized carbons (Fsp3) is 0.650. The molecule has 0 atom stereocenters. The molecule has 1 aromatic heterocycles. The number of hydrogen-bond acceptors (Lipinski definition) is 6. The number of rotatable bonds is 7. The van der Waals surface area contributed by atoms with Crippen LogP contribution in [-0.2, 0) is 9.53 Å². The molecule has 0 saturated carbocycles. The number of ether oxygens (including phenoxy) is 1. The zero-order valence-electron chi connectivity index (χ0n) is 17.3. The quantitative estimate of drug-likeness (QED) is 0.672. The molecule has 1 aromatic rings. The molecule has 1 saturated heterocycles. The van der Waals surface area contributed by atoms with Crippen LogP contribution in [-0.4, -0.2) is 53.7 Å². The van der Waals surface area contributed by atoms with Crippen LogP contribution >= 0.6 is 11.8 Å². The van der Waals surface area contributed by atoms with E-state index in [2.05, 4.69) is 27.4 Å². The Hall–Kier alpha value is -1.96. The van der Waals surface area contributed by atoms with Gasteiger partial charge in [0, 0.05) is 25.4 Å². The van der Waals surface area contributed by atoms with Crippen LogP contribution in [0.5, 0.6) is 0 Å². The molecule has 2 amide bonds. The number of anilines is 2. The summed E-state index contributed by atoms with van der Waals surface area (Å²) < 4.78 is 5.15. The van der Waals surface area contributed by atoms with E-state index in [0.717, 1.165) is 24.8 Å². The monoisotopic (exact) mass is 408 g/mol. The molecule has 8 heteroatoms. The lowest BCUT2D eigenvalue weighted by Gasteiger charge is -2.31. The molecule has 7 nitrogen and oxygen atoms in total. The molecule has 28 heavy (non-hydrogen) atoms. The van der Waals surface area contributed by atoms with E-state index >= 15 is 0 Å². The van der Waals surface area contributed by atoms with Crippen molar-refractivity contribution in [1.82, 2.24) is 10.3 Å². The van der Waals surface area contributed by atoms with Crippen molar-refractivity contribution in [3.05, 3.63) is 18.3 Å². The van der Waals surface area contributed by atoms with Gasteiger partial charge in [0.05, 0.1) is 17.6 Å². The molecule has 0 unspecified atom stereocenters. The van der Waals surface area contributed by atoms with Gasteiger partial charge < -0.3 is 20.3 Å². The van der Waals surface area contributed by atoms with Crippen LogP contribution < -0.4 is 15.5 Å². The highest BCUT2D eigenvalue weighted by Gasteiger charge is 2.17. The van der Waals surface area contributed by atoms with Crippen molar-refractivity contribution < 1.29 is 14.3 Å². The Kier molecular flexibility index (Phi) is 8.41. The summed E-state index contributed by atoms with van der Waals surface area (Å²) >= 11 is 1.46. The molecule has 0 radical (unpaired) electrons. The van der Waals surface area contributed by atoms with Crippen LogP contribution in [0.4, 0.5) is 16.3 Å². The van der Waals surface area contributed by atoms with Crippen molar-refractivity contribution in [2.45, 2.75) is 46.1 Å². The largest absolute Gasteiger partial charge is 0.444 e. The van der Waals surface area contributed by atoms with Gasteiger partial charge in [0.2, 0.25) is 5.91 Å². The van der Waals surface area contributed by atoms with Crippen molar-refractivity contribution in [2.75, 3.05) is 41.4 Å². The van der Waals surface area contributed by atoms with E-state index in [0.29, 0.717) is 23.7 Å². The molecule has 156 valence electrons. The second kappa shape index (κ2) is 10.5. The van der Waals surface area contributed by atoms with Crippen LogP contribution in [0.2, 0.25) is 0 Å². The minimum atomic E-state index is -0.507. The van der Waals surface area contributed by atoms with E-state index < -0.39 is 11.7 Å². The molecular formula is C20H32N4O3S. The summed E-state index contributed by atoms with van der Waals surface area (Å²) in [6.45, 7) is 10.3. The van der Waals surface area contributed by atoms with Gasteiger partial charge in [0.25, 0.3) is 0 Å². The lowest BCUT2D eigenvalue weighted by atomic mass is 9.99. The smallest absolute Gasteiger partial charge is 0.407 e. The summed E-state index contributed by atoms with van der Waals surface area (Å²) in [4.78, 5) is 30.3. The summed E-state index contributed by atoms with van der Waals surface area (Å²) in [6.07, 6.45) is 3.66. The van der Waals surface area contributed by atoms with Gasteiger partial charge in [0.1, 0.15) is 11.4 Å². The zero-order valence-corrected chi connectivity index (χ0v) is 18.1. The van der Waals surface area contributed by atoms with Crippen LogP contribution in [0.25, 0.3) is 0 Å². The molecule has 0 bridgehead atoms. The third kappa shape index (κ3) is 8.37.